The fraction of sp³-hybridized carbons (Fsp3) is 0.250. The number of aromatic nitrogens is 2. The number of hydrogen-bond donors (Lipinski definition) is 1. The van der Waals surface area contributed by atoms with Crippen molar-refractivity contribution in [2.45, 2.75) is 37.5 Å². The molecule has 1 saturated carbocycles. The van der Waals surface area contributed by atoms with Gasteiger partial charge in [0.2, 0.25) is 11.6 Å². The van der Waals surface area contributed by atoms with Crippen molar-refractivity contribution < 1.29 is 18.4 Å². The summed E-state index contributed by atoms with van der Waals surface area (Å²) in [6, 6.07) is 18.8. The Hall–Kier alpha value is -4.07. The van der Waals surface area contributed by atoms with Crippen molar-refractivity contribution in [1.82, 2.24) is 15.1 Å². The van der Waals surface area contributed by atoms with Crippen LogP contribution in [0.4, 0.5) is 14.5 Å². The summed E-state index contributed by atoms with van der Waals surface area (Å²) in [7, 11) is 0. The number of alkyl halides is 1. The molecule has 0 bridgehead atoms. The van der Waals surface area contributed by atoms with Crippen molar-refractivity contribution in [1.29, 1.82) is 0 Å². The van der Waals surface area contributed by atoms with E-state index in [2.05, 4.69) is 10.4 Å². The predicted octanol–water partition coefficient (Wildman–Crippen LogP) is 4.88. The number of anilines is 1. The van der Waals surface area contributed by atoms with Crippen LogP contribution < -0.4 is 10.2 Å². The second kappa shape index (κ2) is 8.26. The van der Waals surface area contributed by atoms with E-state index in [1.54, 1.807) is 35.1 Å². The summed E-state index contributed by atoms with van der Waals surface area (Å²) in [6.45, 7) is 1.24. The molecule has 3 unspecified atom stereocenters. The van der Waals surface area contributed by atoms with E-state index in [0.29, 0.717) is 11.4 Å². The Balaban J connectivity index is 1.43. The van der Waals surface area contributed by atoms with Gasteiger partial charge in [0, 0.05) is 17.0 Å². The minimum atomic E-state index is -2.29. The van der Waals surface area contributed by atoms with Crippen molar-refractivity contribution in [3.63, 3.8) is 0 Å². The average Bonchev–Trinajstić information content (AvgIpc) is 3.62. The number of carbonyl (C=O) groups excluding carboxylic acids is 2. The average molecular weight is 487 g/mol. The Morgan fingerprint density at radius 1 is 1.03 bits per heavy atom. The zero-order chi connectivity index (χ0) is 25.0. The highest BCUT2D eigenvalue weighted by molar-refractivity contribution is 6.05. The molecule has 6 rings (SSSR count). The number of fused-ring (bicyclic) bond motifs is 1. The lowest BCUT2D eigenvalue weighted by Crippen LogP contribution is -2.50. The van der Waals surface area contributed by atoms with Crippen molar-refractivity contribution in [2.24, 2.45) is 5.92 Å². The SMILES string of the molecule is CC1(F)C(=O)N(c2ccc3c(cnn3-c3ccc(F)cc3)c2)C(c2ccccc2)C1NC(=O)C1CC1. The van der Waals surface area contributed by atoms with Gasteiger partial charge in [-0.05, 0) is 67.8 Å². The van der Waals surface area contributed by atoms with Gasteiger partial charge >= 0.3 is 0 Å². The van der Waals surface area contributed by atoms with Crippen LogP contribution >= 0.6 is 0 Å². The van der Waals surface area contributed by atoms with Gasteiger partial charge in [0.25, 0.3) is 5.91 Å². The van der Waals surface area contributed by atoms with Crippen molar-refractivity contribution in [2.75, 3.05) is 4.90 Å². The first-order chi connectivity index (χ1) is 17.3. The van der Waals surface area contributed by atoms with Gasteiger partial charge in [0.1, 0.15) is 5.82 Å². The van der Waals surface area contributed by atoms with Crippen molar-refractivity contribution in [3.05, 3.63) is 90.4 Å². The van der Waals surface area contributed by atoms with Crippen LogP contribution in [0.25, 0.3) is 16.6 Å². The molecule has 3 atom stereocenters. The number of hydrogen-bond acceptors (Lipinski definition) is 3. The normalized spacial score (nSPS) is 23.9. The molecule has 0 spiro atoms. The van der Waals surface area contributed by atoms with Crippen LogP contribution in [0.5, 0.6) is 0 Å². The number of nitrogens with one attached hydrogen (secondary N) is 1. The number of benzene rings is 3. The van der Waals surface area contributed by atoms with Crippen molar-refractivity contribution in [3.8, 4) is 5.69 Å². The Bertz CT molecular complexity index is 1460. The molecule has 4 aromatic rings. The third kappa shape index (κ3) is 3.64. The highest BCUT2D eigenvalue weighted by atomic mass is 19.1. The van der Waals surface area contributed by atoms with Gasteiger partial charge in [-0.1, -0.05) is 30.3 Å². The summed E-state index contributed by atoms with van der Waals surface area (Å²) in [4.78, 5) is 27.6. The van der Waals surface area contributed by atoms with E-state index in [4.69, 9.17) is 0 Å². The van der Waals surface area contributed by atoms with Crippen molar-refractivity contribution >= 4 is 28.4 Å². The summed E-state index contributed by atoms with van der Waals surface area (Å²) >= 11 is 0. The lowest BCUT2D eigenvalue weighted by atomic mass is 9.92. The zero-order valence-electron chi connectivity index (χ0n) is 19.6. The van der Waals surface area contributed by atoms with Gasteiger partial charge in [-0.15, -0.1) is 0 Å². The van der Waals surface area contributed by atoms with E-state index in [9.17, 15) is 14.0 Å². The van der Waals surface area contributed by atoms with E-state index in [0.717, 1.165) is 29.3 Å². The maximum Gasteiger partial charge on any atom is 0.267 e. The molecule has 2 aliphatic rings. The van der Waals surface area contributed by atoms with Crippen LogP contribution in [0.1, 0.15) is 31.4 Å². The highest BCUT2D eigenvalue weighted by Crippen LogP contribution is 2.45. The molecule has 6 nitrogen and oxygen atoms in total. The molecule has 2 fully saturated rings. The first-order valence-corrected chi connectivity index (χ1v) is 12.0. The number of nitrogens with zero attached hydrogens (tertiary/aromatic N) is 3. The van der Waals surface area contributed by atoms with Gasteiger partial charge in [-0.25, -0.2) is 13.5 Å². The number of rotatable bonds is 5. The highest BCUT2D eigenvalue weighted by Gasteiger charge is 2.59. The lowest BCUT2D eigenvalue weighted by molar-refractivity contribution is -0.128. The molecular formula is C28H24F2N4O2. The fourth-order valence-corrected chi connectivity index (χ4v) is 5.00. The summed E-state index contributed by atoms with van der Waals surface area (Å²) in [6.07, 6.45) is 3.22. The number of carbonyl (C=O) groups is 2. The third-order valence-corrected chi connectivity index (χ3v) is 7.10. The number of halogens is 2. The molecule has 8 heteroatoms. The second-order valence-electron chi connectivity index (χ2n) is 9.64. The van der Waals surface area contributed by atoms with Gasteiger partial charge in [-0.3, -0.25) is 14.5 Å². The van der Waals surface area contributed by atoms with Crippen LogP contribution in [0.3, 0.4) is 0 Å². The fourth-order valence-electron chi connectivity index (χ4n) is 5.00. The zero-order valence-corrected chi connectivity index (χ0v) is 19.6. The summed E-state index contributed by atoms with van der Waals surface area (Å²) < 4.78 is 31.2. The summed E-state index contributed by atoms with van der Waals surface area (Å²) in [5, 5.41) is 8.02. The first kappa shape index (κ1) is 22.4. The van der Waals surface area contributed by atoms with Crippen LogP contribution in [-0.2, 0) is 9.59 Å². The molecule has 1 aliphatic heterocycles. The maximum atomic E-state index is 16.1. The van der Waals surface area contributed by atoms with E-state index in [-0.39, 0.29) is 17.6 Å². The smallest absolute Gasteiger partial charge is 0.267 e. The predicted molar refractivity (Wildman–Crippen MR) is 132 cm³/mol. The van der Waals surface area contributed by atoms with Crippen LogP contribution in [0.15, 0.2) is 79.0 Å². The molecule has 1 aliphatic carbocycles. The van der Waals surface area contributed by atoms with Gasteiger partial charge in [-0.2, -0.15) is 5.10 Å². The van der Waals surface area contributed by atoms with Gasteiger partial charge in [0.05, 0.1) is 29.5 Å². The minimum Gasteiger partial charge on any atom is -0.347 e. The van der Waals surface area contributed by atoms with E-state index in [1.165, 1.54) is 24.0 Å². The largest absolute Gasteiger partial charge is 0.347 e. The second-order valence-corrected chi connectivity index (χ2v) is 9.64. The molecule has 36 heavy (non-hydrogen) atoms. The Kier molecular flexibility index (Phi) is 5.14. The summed E-state index contributed by atoms with van der Waals surface area (Å²) in [5.41, 5.74) is 0.397. The monoisotopic (exact) mass is 486 g/mol. The maximum absolute atomic E-state index is 16.1. The number of amides is 2. The Morgan fingerprint density at radius 2 is 1.72 bits per heavy atom. The van der Waals surface area contributed by atoms with Crippen LogP contribution in [0, 0.1) is 11.7 Å². The Morgan fingerprint density at radius 3 is 2.42 bits per heavy atom. The van der Waals surface area contributed by atoms with E-state index < -0.39 is 23.7 Å². The van der Waals surface area contributed by atoms with E-state index in [1.807, 2.05) is 36.4 Å². The molecule has 0 radical (unpaired) electrons. The first-order valence-electron chi connectivity index (χ1n) is 12.0. The molecule has 182 valence electrons. The molecule has 3 aromatic carbocycles. The molecule has 1 aromatic heterocycles. The molecule has 1 N–H and O–H groups in total. The van der Waals surface area contributed by atoms with Crippen LogP contribution in [-0.4, -0.2) is 33.3 Å². The quantitative estimate of drug-likeness (QED) is 0.438. The van der Waals surface area contributed by atoms with Gasteiger partial charge in [0.15, 0.2) is 0 Å². The molecule has 2 heterocycles. The Labute approximate surface area is 206 Å². The van der Waals surface area contributed by atoms with Crippen LogP contribution in [0.2, 0.25) is 0 Å². The topological polar surface area (TPSA) is 67.2 Å². The van der Waals surface area contributed by atoms with Gasteiger partial charge < -0.3 is 5.32 Å². The summed E-state index contributed by atoms with van der Waals surface area (Å²) in [5.74, 6) is -1.37. The van der Waals surface area contributed by atoms with E-state index >= 15 is 4.39 Å². The molecular weight excluding hydrogens is 462 g/mol. The minimum absolute atomic E-state index is 0.116. The standard InChI is InChI=1S/C28H24F2N4O2/c1-28(30)25(32-26(35)18-7-8-18)24(17-5-3-2-4-6-17)33(27(28)36)22-13-14-23-19(15-22)16-31-34(23)21-11-9-20(29)10-12-21/h2-6,9-16,18,24-25H,7-8H2,1H3,(H,32,35). The molecule has 1 saturated heterocycles. The molecule has 2 amide bonds. The lowest BCUT2D eigenvalue weighted by Gasteiger charge is -2.29. The third-order valence-electron chi connectivity index (χ3n) is 7.10.